The van der Waals surface area contributed by atoms with Crippen molar-refractivity contribution in [3.63, 3.8) is 0 Å². The molecule has 0 aliphatic carbocycles. The van der Waals surface area contributed by atoms with Crippen LogP contribution in [0.25, 0.3) is 21.9 Å². The molecule has 3 heterocycles. The molecule has 0 amide bonds. The zero-order valence-electron chi connectivity index (χ0n) is 15.0. The Morgan fingerprint density at radius 2 is 2.00 bits per heavy atom. The molecule has 5 rings (SSSR count). The summed E-state index contributed by atoms with van der Waals surface area (Å²) in [6.07, 6.45) is 1.95. The van der Waals surface area contributed by atoms with Gasteiger partial charge in [0.1, 0.15) is 0 Å². The fraction of sp³-hybridized carbons (Fsp3) is 0.100. The third-order valence-electron chi connectivity index (χ3n) is 4.58. The summed E-state index contributed by atoms with van der Waals surface area (Å²) in [7, 11) is 1.79. The van der Waals surface area contributed by atoms with E-state index < -0.39 is 0 Å². The molecule has 0 bridgehead atoms. The largest absolute Gasteiger partial charge is 0.419 e. The number of aromatic amines is 2. The van der Waals surface area contributed by atoms with Crippen LogP contribution in [-0.4, -0.2) is 35.7 Å². The highest BCUT2D eigenvalue weighted by molar-refractivity contribution is 6.00. The minimum atomic E-state index is -0.0597. The number of fused-ring (bicyclic) bond motifs is 2. The van der Waals surface area contributed by atoms with Crippen LogP contribution in [0.3, 0.4) is 0 Å². The Hall–Kier alpha value is -3.94. The number of benzene rings is 2. The Kier molecular flexibility index (Phi) is 3.68. The predicted octanol–water partition coefficient (Wildman–Crippen LogP) is 3.39. The Labute approximate surface area is 159 Å². The van der Waals surface area contributed by atoms with E-state index in [0.717, 1.165) is 22.0 Å². The minimum absolute atomic E-state index is 0.0597. The Bertz CT molecular complexity index is 1300. The van der Waals surface area contributed by atoms with Crippen molar-refractivity contribution in [2.75, 3.05) is 0 Å². The highest BCUT2D eigenvalue weighted by Crippen LogP contribution is 2.30. The summed E-state index contributed by atoms with van der Waals surface area (Å²) in [5.41, 5.74) is 3.19. The standard InChI is InChI=1S/C20H16N6O2/c1-26-18(7-8-21-26)28-20-13-10-15-16(11-14(13)24-25-20)23-19(22-15)17(27)9-12-5-3-2-4-6-12/h2-8,10-11H,9H2,1H3,(H,22,23)(H,24,25). The summed E-state index contributed by atoms with van der Waals surface area (Å²) >= 11 is 0. The van der Waals surface area contributed by atoms with Gasteiger partial charge in [0, 0.05) is 19.5 Å². The van der Waals surface area contributed by atoms with E-state index >= 15 is 0 Å². The Morgan fingerprint density at radius 1 is 1.14 bits per heavy atom. The number of aromatic nitrogens is 6. The first-order valence-electron chi connectivity index (χ1n) is 8.78. The van der Waals surface area contributed by atoms with Gasteiger partial charge in [0.05, 0.1) is 28.1 Å². The quantitative estimate of drug-likeness (QED) is 0.461. The number of rotatable bonds is 5. The van der Waals surface area contributed by atoms with Gasteiger partial charge in [-0.3, -0.25) is 9.89 Å². The molecule has 0 radical (unpaired) electrons. The number of nitrogens with zero attached hydrogens (tertiary/aromatic N) is 4. The van der Waals surface area contributed by atoms with Crippen molar-refractivity contribution in [3.8, 4) is 11.8 Å². The van der Waals surface area contributed by atoms with Crippen LogP contribution < -0.4 is 4.74 Å². The van der Waals surface area contributed by atoms with Crippen molar-refractivity contribution in [1.29, 1.82) is 0 Å². The molecule has 3 aromatic heterocycles. The minimum Gasteiger partial charge on any atom is -0.419 e. The van der Waals surface area contributed by atoms with Crippen LogP contribution in [0.4, 0.5) is 0 Å². The van der Waals surface area contributed by atoms with E-state index in [0.29, 0.717) is 29.5 Å². The number of carbonyl (C=O) groups is 1. The second kappa shape index (κ2) is 6.34. The lowest BCUT2D eigenvalue weighted by Crippen LogP contribution is -2.05. The van der Waals surface area contributed by atoms with E-state index in [4.69, 9.17) is 4.74 Å². The van der Waals surface area contributed by atoms with Gasteiger partial charge in [-0.25, -0.2) is 9.67 Å². The topological polar surface area (TPSA) is 101 Å². The van der Waals surface area contributed by atoms with Gasteiger partial charge in [-0.1, -0.05) is 30.3 Å². The summed E-state index contributed by atoms with van der Waals surface area (Å²) in [4.78, 5) is 20.2. The number of hydrogen-bond acceptors (Lipinski definition) is 5. The Balaban J connectivity index is 1.49. The smallest absolute Gasteiger partial charge is 0.247 e. The second-order valence-electron chi connectivity index (χ2n) is 6.51. The first-order valence-corrected chi connectivity index (χ1v) is 8.78. The molecule has 0 aliphatic rings. The van der Waals surface area contributed by atoms with Crippen LogP contribution in [0, 0.1) is 0 Å². The van der Waals surface area contributed by atoms with Gasteiger partial charge in [-0.15, -0.1) is 5.10 Å². The molecule has 138 valence electrons. The van der Waals surface area contributed by atoms with Crippen LogP contribution >= 0.6 is 0 Å². The number of ketones is 1. The maximum Gasteiger partial charge on any atom is 0.247 e. The predicted molar refractivity (Wildman–Crippen MR) is 104 cm³/mol. The lowest BCUT2D eigenvalue weighted by atomic mass is 10.1. The molecular formula is C20H16N6O2. The molecule has 0 fully saturated rings. The van der Waals surface area contributed by atoms with Gasteiger partial charge < -0.3 is 9.72 Å². The first kappa shape index (κ1) is 16.2. The van der Waals surface area contributed by atoms with Crippen molar-refractivity contribution in [1.82, 2.24) is 29.9 Å². The van der Waals surface area contributed by atoms with E-state index in [9.17, 15) is 4.79 Å². The SMILES string of the molecule is Cn1nccc1Oc1n[nH]c2cc3[nH]c(C(=O)Cc4ccccc4)nc3cc12. The van der Waals surface area contributed by atoms with Gasteiger partial charge in [-0.2, -0.15) is 5.10 Å². The summed E-state index contributed by atoms with van der Waals surface area (Å²) < 4.78 is 7.46. The van der Waals surface area contributed by atoms with E-state index in [2.05, 4.69) is 25.3 Å². The normalized spacial score (nSPS) is 11.3. The molecule has 0 spiro atoms. The molecule has 5 aromatic rings. The van der Waals surface area contributed by atoms with E-state index in [-0.39, 0.29) is 5.78 Å². The van der Waals surface area contributed by atoms with E-state index in [1.165, 1.54) is 0 Å². The van der Waals surface area contributed by atoms with Crippen molar-refractivity contribution in [2.24, 2.45) is 7.05 Å². The fourth-order valence-corrected chi connectivity index (χ4v) is 3.13. The van der Waals surface area contributed by atoms with Crippen LogP contribution in [-0.2, 0) is 13.5 Å². The van der Waals surface area contributed by atoms with E-state index in [1.807, 2.05) is 42.5 Å². The molecule has 0 unspecified atom stereocenters. The van der Waals surface area contributed by atoms with Crippen molar-refractivity contribution in [3.05, 3.63) is 66.1 Å². The van der Waals surface area contributed by atoms with Crippen molar-refractivity contribution in [2.45, 2.75) is 6.42 Å². The molecule has 0 aliphatic heterocycles. The highest BCUT2D eigenvalue weighted by atomic mass is 16.5. The summed E-state index contributed by atoms with van der Waals surface area (Å²) in [6.45, 7) is 0. The van der Waals surface area contributed by atoms with Crippen LogP contribution in [0.2, 0.25) is 0 Å². The number of hydrogen-bond donors (Lipinski definition) is 2. The average molecular weight is 372 g/mol. The molecule has 0 atom stereocenters. The maximum absolute atomic E-state index is 12.6. The third-order valence-corrected chi connectivity index (χ3v) is 4.58. The second-order valence-corrected chi connectivity index (χ2v) is 6.51. The maximum atomic E-state index is 12.6. The summed E-state index contributed by atoms with van der Waals surface area (Å²) in [5.74, 6) is 1.29. The lowest BCUT2D eigenvalue weighted by Gasteiger charge is -2.01. The molecule has 8 heteroatoms. The number of ether oxygens (including phenoxy) is 1. The lowest BCUT2D eigenvalue weighted by molar-refractivity contribution is 0.0984. The number of H-pyrrole nitrogens is 2. The summed E-state index contributed by atoms with van der Waals surface area (Å²) in [5, 5.41) is 12.0. The third kappa shape index (κ3) is 2.81. The molecule has 28 heavy (non-hydrogen) atoms. The van der Waals surface area contributed by atoms with Gasteiger partial charge in [-0.05, 0) is 17.7 Å². The monoisotopic (exact) mass is 372 g/mol. The number of Topliss-reactive ketones (excluding diaryl/α,β-unsaturated/α-hetero) is 1. The number of carbonyl (C=O) groups excluding carboxylic acids is 1. The molecule has 2 aromatic carbocycles. The average Bonchev–Trinajstić information content (AvgIpc) is 3.40. The first-order chi connectivity index (χ1) is 13.7. The molecule has 2 N–H and O–H groups in total. The zero-order chi connectivity index (χ0) is 19.1. The molecule has 0 saturated carbocycles. The van der Waals surface area contributed by atoms with Crippen molar-refractivity contribution < 1.29 is 9.53 Å². The fourth-order valence-electron chi connectivity index (χ4n) is 3.13. The number of imidazole rings is 1. The van der Waals surface area contributed by atoms with E-state index in [1.54, 1.807) is 24.0 Å². The van der Waals surface area contributed by atoms with Gasteiger partial charge in [0.2, 0.25) is 17.5 Å². The van der Waals surface area contributed by atoms with Gasteiger partial charge in [0.25, 0.3) is 0 Å². The number of nitrogens with one attached hydrogen (secondary N) is 2. The van der Waals surface area contributed by atoms with Gasteiger partial charge in [0.15, 0.2) is 5.82 Å². The molecule has 8 nitrogen and oxygen atoms in total. The Morgan fingerprint density at radius 3 is 2.79 bits per heavy atom. The number of aryl methyl sites for hydroxylation is 1. The van der Waals surface area contributed by atoms with Crippen molar-refractivity contribution >= 4 is 27.7 Å². The molecular weight excluding hydrogens is 356 g/mol. The van der Waals surface area contributed by atoms with Gasteiger partial charge >= 0.3 is 0 Å². The zero-order valence-corrected chi connectivity index (χ0v) is 15.0. The summed E-state index contributed by atoms with van der Waals surface area (Å²) in [6, 6.07) is 15.1. The van der Waals surface area contributed by atoms with Crippen LogP contribution in [0.15, 0.2) is 54.7 Å². The molecule has 0 saturated heterocycles. The van der Waals surface area contributed by atoms with Crippen LogP contribution in [0.5, 0.6) is 11.8 Å². The highest BCUT2D eigenvalue weighted by Gasteiger charge is 2.16. The van der Waals surface area contributed by atoms with Crippen LogP contribution in [0.1, 0.15) is 16.2 Å².